The zero-order valence-electron chi connectivity index (χ0n) is 13.5. The molecule has 5 nitrogen and oxygen atoms in total. The molecule has 0 atom stereocenters. The largest absolute Gasteiger partial charge is 0.325 e. The topological polar surface area (TPSA) is 75.3 Å². The average Bonchev–Trinajstić information content (AvgIpc) is 2.78. The summed E-state index contributed by atoms with van der Waals surface area (Å²) in [7, 11) is -3.33. The minimum absolute atomic E-state index is 0.0678. The van der Waals surface area contributed by atoms with E-state index in [1.54, 1.807) is 6.07 Å². The average molecular weight is 336 g/mol. The Morgan fingerprint density at radius 3 is 2.65 bits per heavy atom. The van der Waals surface area contributed by atoms with Crippen molar-refractivity contribution in [2.24, 2.45) is 0 Å². The van der Waals surface area contributed by atoms with Gasteiger partial charge in [-0.25, -0.2) is 8.42 Å². The van der Waals surface area contributed by atoms with Crippen molar-refractivity contribution in [2.45, 2.75) is 57.3 Å². The number of rotatable bonds is 5. The first kappa shape index (κ1) is 16.3. The Bertz CT molecular complexity index is 707. The summed E-state index contributed by atoms with van der Waals surface area (Å²) in [5.41, 5.74) is 1.88. The van der Waals surface area contributed by atoms with E-state index in [0.717, 1.165) is 49.8 Å². The van der Waals surface area contributed by atoms with Gasteiger partial charge in [-0.15, -0.1) is 0 Å². The monoisotopic (exact) mass is 336 g/mol. The molecule has 23 heavy (non-hydrogen) atoms. The van der Waals surface area contributed by atoms with Crippen LogP contribution in [0.1, 0.15) is 57.4 Å². The zero-order chi connectivity index (χ0) is 16.5. The SMILES string of the molecule is CCCCS(=O)(=O)Nc1ccc2c(c1)C1(CCCCC1)C(=O)N2. The number of carbonyl (C=O) groups is 1. The number of sulfonamides is 1. The fraction of sp³-hybridized carbons (Fsp3) is 0.588. The molecule has 1 saturated carbocycles. The molecule has 1 aliphatic heterocycles. The van der Waals surface area contributed by atoms with Gasteiger partial charge in [0.05, 0.1) is 11.2 Å². The zero-order valence-corrected chi connectivity index (χ0v) is 14.3. The van der Waals surface area contributed by atoms with E-state index in [0.29, 0.717) is 12.1 Å². The Morgan fingerprint density at radius 1 is 1.22 bits per heavy atom. The minimum Gasteiger partial charge on any atom is -0.325 e. The highest BCUT2D eigenvalue weighted by Gasteiger charge is 2.47. The molecule has 0 bridgehead atoms. The Balaban J connectivity index is 1.89. The molecule has 2 N–H and O–H groups in total. The van der Waals surface area contributed by atoms with Gasteiger partial charge < -0.3 is 5.32 Å². The number of benzene rings is 1. The summed E-state index contributed by atoms with van der Waals surface area (Å²) in [5.74, 6) is 0.196. The number of nitrogens with one attached hydrogen (secondary N) is 2. The molecule has 1 amide bonds. The van der Waals surface area contributed by atoms with E-state index in [1.807, 2.05) is 19.1 Å². The van der Waals surface area contributed by atoms with Crippen LogP contribution in [0.5, 0.6) is 0 Å². The van der Waals surface area contributed by atoms with Crippen LogP contribution in [0, 0.1) is 0 Å². The van der Waals surface area contributed by atoms with Crippen LogP contribution in [0.3, 0.4) is 0 Å². The van der Waals surface area contributed by atoms with Crippen LogP contribution in [-0.2, 0) is 20.2 Å². The fourth-order valence-corrected chi connectivity index (χ4v) is 4.95. The third kappa shape index (κ3) is 3.09. The summed E-state index contributed by atoms with van der Waals surface area (Å²) >= 11 is 0. The molecular formula is C17H24N2O3S. The van der Waals surface area contributed by atoms with E-state index in [-0.39, 0.29) is 11.7 Å². The number of hydrogen-bond acceptors (Lipinski definition) is 3. The predicted octanol–water partition coefficient (Wildman–Crippen LogP) is 3.38. The summed E-state index contributed by atoms with van der Waals surface area (Å²) in [6.07, 6.45) is 6.42. The minimum atomic E-state index is -3.33. The van der Waals surface area contributed by atoms with Crippen molar-refractivity contribution >= 4 is 27.3 Å². The van der Waals surface area contributed by atoms with E-state index >= 15 is 0 Å². The maximum absolute atomic E-state index is 12.5. The van der Waals surface area contributed by atoms with Gasteiger partial charge in [0.1, 0.15) is 0 Å². The lowest BCUT2D eigenvalue weighted by atomic mass is 9.70. The first-order chi connectivity index (χ1) is 11.0. The van der Waals surface area contributed by atoms with Crippen LogP contribution in [-0.4, -0.2) is 20.1 Å². The van der Waals surface area contributed by atoms with Crippen molar-refractivity contribution in [3.8, 4) is 0 Å². The molecule has 0 radical (unpaired) electrons. The molecule has 2 aliphatic rings. The summed E-state index contributed by atoms with van der Waals surface area (Å²) in [6, 6.07) is 5.39. The highest BCUT2D eigenvalue weighted by Crippen LogP contribution is 2.48. The fourth-order valence-electron chi connectivity index (χ4n) is 3.69. The Hall–Kier alpha value is -1.56. The van der Waals surface area contributed by atoms with Crippen molar-refractivity contribution in [2.75, 3.05) is 15.8 Å². The first-order valence-corrected chi connectivity index (χ1v) is 10.1. The van der Waals surface area contributed by atoms with Crippen molar-refractivity contribution in [3.63, 3.8) is 0 Å². The molecule has 1 fully saturated rings. The van der Waals surface area contributed by atoms with Crippen LogP contribution in [0.2, 0.25) is 0 Å². The molecule has 126 valence electrons. The molecule has 1 aromatic carbocycles. The van der Waals surface area contributed by atoms with Gasteiger partial charge in [0.25, 0.3) is 0 Å². The second-order valence-corrected chi connectivity index (χ2v) is 8.47. The smallest absolute Gasteiger partial charge is 0.235 e. The number of anilines is 2. The van der Waals surface area contributed by atoms with Gasteiger partial charge in [-0.05, 0) is 43.0 Å². The van der Waals surface area contributed by atoms with E-state index in [9.17, 15) is 13.2 Å². The summed E-state index contributed by atoms with van der Waals surface area (Å²) in [4.78, 5) is 12.5. The van der Waals surface area contributed by atoms with Gasteiger partial charge >= 0.3 is 0 Å². The van der Waals surface area contributed by atoms with Gasteiger partial charge in [0.2, 0.25) is 15.9 Å². The molecule has 1 spiro atoms. The summed E-state index contributed by atoms with van der Waals surface area (Å²) in [5, 5.41) is 2.97. The van der Waals surface area contributed by atoms with Gasteiger partial charge in [-0.1, -0.05) is 32.6 Å². The predicted molar refractivity (Wildman–Crippen MR) is 92.2 cm³/mol. The normalized spacial score (nSPS) is 19.4. The van der Waals surface area contributed by atoms with Crippen LogP contribution < -0.4 is 10.0 Å². The van der Waals surface area contributed by atoms with Crippen molar-refractivity contribution < 1.29 is 13.2 Å². The lowest BCUT2D eigenvalue weighted by molar-refractivity contribution is -0.121. The molecule has 3 rings (SSSR count). The first-order valence-electron chi connectivity index (χ1n) is 8.43. The summed E-state index contributed by atoms with van der Waals surface area (Å²) < 4.78 is 26.8. The Kier molecular flexibility index (Phi) is 4.36. The second kappa shape index (κ2) is 6.15. The third-order valence-corrected chi connectivity index (χ3v) is 6.34. The number of unbranched alkanes of at least 4 members (excludes halogenated alkanes) is 1. The highest BCUT2D eigenvalue weighted by atomic mass is 32.2. The number of carbonyl (C=O) groups excluding carboxylic acids is 1. The van der Waals surface area contributed by atoms with E-state index in [1.165, 1.54) is 0 Å². The number of hydrogen-bond donors (Lipinski definition) is 2. The van der Waals surface area contributed by atoms with E-state index in [2.05, 4.69) is 10.0 Å². The molecular weight excluding hydrogens is 312 g/mol. The van der Waals surface area contributed by atoms with Crippen molar-refractivity contribution in [1.29, 1.82) is 0 Å². The van der Waals surface area contributed by atoms with Crippen LogP contribution in [0.25, 0.3) is 0 Å². The van der Waals surface area contributed by atoms with Crippen LogP contribution in [0.4, 0.5) is 11.4 Å². The van der Waals surface area contributed by atoms with Crippen LogP contribution in [0.15, 0.2) is 18.2 Å². The molecule has 0 saturated heterocycles. The number of amides is 1. The molecule has 0 aromatic heterocycles. The molecule has 0 unspecified atom stereocenters. The van der Waals surface area contributed by atoms with E-state index < -0.39 is 15.4 Å². The Morgan fingerprint density at radius 2 is 1.96 bits per heavy atom. The maximum Gasteiger partial charge on any atom is 0.235 e. The van der Waals surface area contributed by atoms with Crippen molar-refractivity contribution in [3.05, 3.63) is 23.8 Å². The molecule has 1 heterocycles. The standard InChI is InChI=1S/C17H24N2O3S/c1-2-3-11-23(21,22)19-13-7-8-15-14(12-13)17(16(20)18-15)9-5-4-6-10-17/h7-8,12,19H,2-6,9-11H2,1H3,(H,18,20). The van der Waals surface area contributed by atoms with Gasteiger partial charge in [-0.3, -0.25) is 9.52 Å². The maximum atomic E-state index is 12.5. The van der Waals surface area contributed by atoms with Gasteiger partial charge in [0.15, 0.2) is 0 Å². The lowest BCUT2D eigenvalue weighted by Gasteiger charge is -2.31. The summed E-state index contributed by atoms with van der Waals surface area (Å²) in [6.45, 7) is 1.97. The van der Waals surface area contributed by atoms with Crippen molar-refractivity contribution in [1.82, 2.24) is 0 Å². The number of fused-ring (bicyclic) bond motifs is 2. The Labute approximate surface area is 137 Å². The van der Waals surface area contributed by atoms with Gasteiger partial charge in [-0.2, -0.15) is 0 Å². The lowest BCUT2D eigenvalue weighted by Crippen LogP contribution is -2.36. The molecule has 1 aromatic rings. The highest BCUT2D eigenvalue weighted by molar-refractivity contribution is 7.92. The quantitative estimate of drug-likeness (QED) is 0.865. The van der Waals surface area contributed by atoms with Gasteiger partial charge in [0, 0.05) is 11.4 Å². The second-order valence-electron chi connectivity index (χ2n) is 6.63. The van der Waals surface area contributed by atoms with Crippen LogP contribution >= 0.6 is 0 Å². The molecule has 6 heteroatoms. The van der Waals surface area contributed by atoms with E-state index in [4.69, 9.17) is 0 Å². The third-order valence-electron chi connectivity index (χ3n) is 4.97. The molecule has 1 aliphatic carbocycles.